The molecule has 6 nitrogen and oxygen atoms in total. The van der Waals surface area contributed by atoms with Gasteiger partial charge in [-0.15, -0.1) is 0 Å². The second kappa shape index (κ2) is 9.72. The van der Waals surface area contributed by atoms with Crippen LogP contribution in [0, 0.1) is 0 Å². The highest BCUT2D eigenvalue weighted by molar-refractivity contribution is 7.80. The second-order valence-corrected chi connectivity index (χ2v) is 8.69. The number of aryl methyl sites for hydroxylation is 1. The number of aromatic nitrogens is 2. The summed E-state index contributed by atoms with van der Waals surface area (Å²) in [7, 11) is 1.65. The zero-order valence-corrected chi connectivity index (χ0v) is 20.7. The standard InChI is InChI=1S/C28H26N4O2S/c1-4-19-10-12-21(13-11-19)26-30-27(34-31-26)24-18(2)32(22-14-16-23(33-3)17-15-22)28(35)29-25(24)20-8-6-5-7-9-20/h5-17,25H,4H2,1-3H3,(H,29,35). The first-order valence-corrected chi connectivity index (χ1v) is 11.9. The van der Waals surface area contributed by atoms with Crippen LogP contribution in [0.2, 0.25) is 0 Å². The van der Waals surface area contributed by atoms with E-state index in [4.69, 9.17) is 26.5 Å². The summed E-state index contributed by atoms with van der Waals surface area (Å²) >= 11 is 5.82. The summed E-state index contributed by atoms with van der Waals surface area (Å²) in [5.41, 5.74) is 5.96. The molecule has 4 aromatic rings. The Morgan fingerprint density at radius 2 is 1.71 bits per heavy atom. The van der Waals surface area contributed by atoms with Gasteiger partial charge in [-0.05, 0) is 61.0 Å². The van der Waals surface area contributed by atoms with E-state index in [1.54, 1.807) is 7.11 Å². The van der Waals surface area contributed by atoms with Crippen molar-refractivity contribution < 1.29 is 9.26 Å². The number of thiocarbonyl (C=S) groups is 1. The van der Waals surface area contributed by atoms with Gasteiger partial charge < -0.3 is 14.6 Å². The predicted molar refractivity (Wildman–Crippen MR) is 142 cm³/mol. The number of nitrogens with zero attached hydrogens (tertiary/aromatic N) is 3. The molecule has 176 valence electrons. The molecule has 1 aromatic heterocycles. The van der Waals surface area contributed by atoms with E-state index in [1.165, 1.54) is 5.56 Å². The van der Waals surface area contributed by atoms with E-state index in [-0.39, 0.29) is 6.04 Å². The van der Waals surface area contributed by atoms with Gasteiger partial charge in [0, 0.05) is 16.9 Å². The highest BCUT2D eigenvalue weighted by atomic mass is 32.1. The average Bonchev–Trinajstić information content (AvgIpc) is 3.39. The number of ether oxygens (including phenoxy) is 1. The summed E-state index contributed by atoms with van der Waals surface area (Å²) in [6.45, 7) is 4.16. The third-order valence-corrected chi connectivity index (χ3v) is 6.53. The van der Waals surface area contributed by atoms with Crippen LogP contribution in [-0.2, 0) is 6.42 Å². The summed E-state index contributed by atoms with van der Waals surface area (Å²) < 4.78 is 11.2. The van der Waals surface area contributed by atoms with Crippen LogP contribution in [0.4, 0.5) is 5.69 Å². The van der Waals surface area contributed by atoms with Crippen molar-refractivity contribution >= 4 is 28.6 Å². The minimum Gasteiger partial charge on any atom is -0.497 e. The molecule has 1 atom stereocenters. The number of allylic oxidation sites excluding steroid dienone is 1. The Hall–Kier alpha value is -3.97. The first-order valence-electron chi connectivity index (χ1n) is 11.5. The minimum absolute atomic E-state index is 0.228. The van der Waals surface area contributed by atoms with Gasteiger partial charge in [-0.25, -0.2) is 0 Å². The second-order valence-electron chi connectivity index (χ2n) is 8.30. The molecule has 35 heavy (non-hydrogen) atoms. The zero-order valence-electron chi connectivity index (χ0n) is 19.9. The molecule has 1 unspecified atom stereocenters. The Labute approximate surface area is 210 Å². The van der Waals surface area contributed by atoms with Crippen molar-refractivity contribution in [2.45, 2.75) is 26.3 Å². The molecule has 0 fully saturated rings. The van der Waals surface area contributed by atoms with Gasteiger partial charge in [-0.1, -0.05) is 66.7 Å². The van der Waals surface area contributed by atoms with Crippen molar-refractivity contribution in [3.63, 3.8) is 0 Å². The molecule has 0 saturated heterocycles. The fourth-order valence-corrected chi connectivity index (χ4v) is 4.66. The maximum absolute atomic E-state index is 5.84. The van der Waals surface area contributed by atoms with Crippen molar-refractivity contribution in [1.82, 2.24) is 15.5 Å². The van der Waals surface area contributed by atoms with Crippen LogP contribution in [0.3, 0.4) is 0 Å². The highest BCUT2D eigenvalue weighted by Crippen LogP contribution is 2.39. The van der Waals surface area contributed by atoms with Gasteiger partial charge in [-0.3, -0.25) is 4.90 Å². The lowest BCUT2D eigenvalue weighted by atomic mass is 9.94. The first kappa shape index (κ1) is 22.8. The zero-order chi connectivity index (χ0) is 24.4. The van der Waals surface area contributed by atoms with E-state index in [0.717, 1.165) is 40.3 Å². The topological polar surface area (TPSA) is 63.4 Å². The molecule has 0 radical (unpaired) electrons. The van der Waals surface area contributed by atoms with E-state index in [2.05, 4.69) is 41.7 Å². The van der Waals surface area contributed by atoms with Crippen LogP contribution in [0.1, 0.15) is 36.9 Å². The van der Waals surface area contributed by atoms with Gasteiger partial charge in [0.05, 0.1) is 18.7 Å². The molecule has 3 aromatic carbocycles. The summed E-state index contributed by atoms with van der Waals surface area (Å²) in [6.07, 6.45) is 0.982. The summed E-state index contributed by atoms with van der Waals surface area (Å²) in [5, 5.41) is 8.39. The first-order chi connectivity index (χ1) is 17.1. The van der Waals surface area contributed by atoms with E-state index in [1.807, 2.05) is 66.4 Å². The Kier molecular flexibility index (Phi) is 6.33. The van der Waals surface area contributed by atoms with Crippen molar-refractivity contribution in [2.75, 3.05) is 12.0 Å². The fourth-order valence-electron chi connectivity index (χ4n) is 4.30. The van der Waals surface area contributed by atoms with Gasteiger partial charge in [0.25, 0.3) is 5.89 Å². The van der Waals surface area contributed by atoms with Crippen LogP contribution in [0.15, 0.2) is 89.1 Å². The molecular weight excluding hydrogens is 456 g/mol. The molecule has 0 saturated carbocycles. The Balaban J connectivity index is 1.61. The van der Waals surface area contributed by atoms with Crippen LogP contribution in [0.25, 0.3) is 17.0 Å². The third-order valence-electron chi connectivity index (χ3n) is 6.23. The third kappa shape index (κ3) is 4.42. The number of rotatable bonds is 6. The molecule has 1 N–H and O–H groups in total. The SMILES string of the molecule is CCc1ccc(-c2noc(C3=C(C)N(c4ccc(OC)cc4)C(=S)NC3c3ccccc3)n2)cc1. The Morgan fingerprint density at radius 3 is 2.37 bits per heavy atom. The largest absolute Gasteiger partial charge is 0.497 e. The van der Waals surface area contributed by atoms with Gasteiger partial charge in [0.15, 0.2) is 5.11 Å². The number of anilines is 1. The number of methoxy groups -OCH3 is 1. The fraction of sp³-hybridized carbons (Fsp3) is 0.179. The number of benzene rings is 3. The molecule has 0 bridgehead atoms. The molecule has 0 spiro atoms. The smallest absolute Gasteiger partial charge is 0.258 e. The lowest BCUT2D eigenvalue weighted by molar-refractivity contribution is 0.404. The van der Waals surface area contributed by atoms with E-state index >= 15 is 0 Å². The predicted octanol–water partition coefficient (Wildman–Crippen LogP) is 6.17. The maximum atomic E-state index is 5.84. The van der Waals surface area contributed by atoms with Crippen LogP contribution < -0.4 is 15.0 Å². The molecule has 1 aliphatic rings. The monoisotopic (exact) mass is 482 g/mol. The van der Waals surface area contributed by atoms with Crippen molar-refractivity contribution in [3.8, 4) is 17.1 Å². The molecule has 2 heterocycles. The molecule has 5 rings (SSSR count). The van der Waals surface area contributed by atoms with Crippen molar-refractivity contribution in [3.05, 3.63) is 102 Å². The number of hydrogen-bond acceptors (Lipinski definition) is 5. The van der Waals surface area contributed by atoms with Crippen LogP contribution in [0.5, 0.6) is 5.75 Å². The molecular formula is C28H26N4O2S. The van der Waals surface area contributed by atoms with Gasteiger partial charge >= 0.3 is 0 Å². The molecule has 7 heteroatoms. The number of hydrogen-bond donors (Lipinski definition) is 1. The summed E-state index contributed by atoms with van der Waals surface area (Å²) in [6, 6.07) is 26.0. The Bertz CT molecular complexity index is 1360. The molecule has 1 aliphatic heterocycles. The minimum atomic E-state index is -0.228. The van der Waals surface area contributed by atoms with Gasteiger partial charge in [-0.2, -0.15) is 4.98 Å². The maximum Gasteiger partial charge on any atom is 0.258 e. The quantitative estimate of drug-likeness (QED) is 0.330. The Morgan fingerprint density at radius 1 is 1.00 bits per heavy atom. The van der Waals surface area contributed by atoms with Gasteiger partial charge in [0.1, 0.15) is 5.75 Å². The molecule has 0 amide bonds. The number of nitrogens with one attached hydrogen (secondary N) is 1. The normalized spacial score (nSPS) is 15.8. The average molecular weight is 483 g/mol. The summed E-state index contributed by atoms with van der Waals surface area (Å²) in [5.74, 6) is 1.79. The van der Waals surface area contributed by atoms with E-state index < -0.39 is 0 Å². The van der Waals surface area contributed by atoms with Crippen molar-refractivity contribution in [1.29, 1.82) is 0 Å². The van der Waals surface area contributed by atoms with Crippen molar-refractivity contribution in [2.24, 2.45) is 0 Å². The molecule has 0 aliphatic carbocycles. The van der Waals surface area contributed by atoms with Crippen LogP contribution >= 0.6 is 12.2 Å². The van der Waals surface area contributed by atoms with Crippen LogP contribution in [-0.4, -0.2) is 22.4 Å². The lowest BCUT2D eigenvalue weighted by Gasteiger charge is -2.37. The van der Waals surface area contributed by atoms with Gasteiger partial charge in [0.2, 0.25) is 5.82 Å². The highest BCUT2D eigenvalue weighted by Gasteiger charge is 2.34. The lowest BCUT2D eigenvalue weighted by Crippen LogP contribution is -2.46. The van der Waals surface area contributed by atoms with E-state index in [0.29, 0.717) is 16.8 Å². The van der Waals surface area contributed by atoms with E-state index in [9.17, 15) is 0 Å². The summed E-state index contributed by atoms with van der Waals surface area (Å²) in [4.78, 5) is 6.79.